The summed E-state index contributed by atoms with van der Waals surface area (Å²) in [6, 6.07) is 0. The quantitative estimate of drug-likeness (QED) is 0.150. The zero-order valence-electron chi connectivity index (χ0n) is 19.1. The molecule has 0 aliphatic heterocycles. The molecule has 4 nitrogen and oxygen atoms in total. The fourth-order valence-electron chi connectivity index (χ4n) is 3.35. The van der Waals surface area contributed by atoms with Crippen LogP contribution in [0, 0.1) is 5.92 Å². The van der Waals surface area contributed by atoms with E-state index in [1.165, 1.54) is 77.0 Å². The molecule has 0 bridgehead atoms. The Morgan fingerprint density at radius 1 is 0.679 bits per heavy atom. The Morgan fingerprint density at radius 2 is 1.25 bits per heavy atom. The van der Waals surface area contributed by atoms with Gasteiger partial charge in [-0.1, -0.05) is 78.1 Å². The lowest BCUT2D eigenvalue weighted by Crippen LogP contribution is -2.15. The molecule has 0 radical (unpaired) electrons. The summed E-state index contributed by atoms with van der Waals surface area (Å²) in [5.74, 6) is 0.462. The Kier molecular flexibility index (Phi) is 22.2. The standard InChI is InChI=1S/C24H48O4/c1-4-7-9-11-12-14-17-23(16-13-10-8-5-2)22-28-24(25)18-15-19-27-21-20-26-6-3/h23H,4-22H2,1-3H3. The first kappa shape index (κ1) is 27.4. The molecule has 0 heterocycles. The van der Waals surface area contributed by atoms with E-state index in [9.17, 15) is 4.79 Å². The number of hydrogen-bond acceptors (Lipinski definition) is 4. The van der Waals surface area contributed by atoms with Crippen molar-refractivity contribution in [2.75, 3.05) is 33.0 Å². The van der Waals surface area contributed by atoms with Crippen LogP contribution in [-0.4, -0.2) is 39.0 Å². The average molecular weight is 401 g/mol. The van der Waals surface area contributed by atoms with Gasteiger partial charge in [0.2, 0.25) is 0 Å². The Hall–Kier alpha value is -0.610. The molecule has 0 spiro atoms. The van der Waals surface area contributed by atoms with E-state index >= 15 is 0 Å². The van der Waals surface area contributed by atoms with Gasteiger partial charge in [-0.15, -0.1) is 0 Å². The lowest BCUT2D eigenvalue weighted by molar-refractivity contribution is -0.145. The van der Waals surface area contributed by atoms with Crippen molar-refractivity contribution < 1.29 is 19.0 Å². The second-order valence-corrected chi connectivity index (χ2v) is 7.87. The molecule has 1 atom stereocenters. The van der Waals surface area contributed by atoms with Gasteiger partial charge >= 0.3 is 5.97 Å². The summed E-state index contributed by atoms with van der Waals surface area (Å²) < 4.78 is 16.2. The third-order valence-electron chi connectivity index (χ3n) is 5.16. The zero-order chi connectivity index (χ0) is 20.7. The van der Waals surface area contributed by atoms with Gasteiger partial charge in [0.05, 0.1) is 19.8 Å². The summed E-state index contributed by atoms with van der Waals surface area (Å²) in [7, 11) is 0. The van der Waals surface area contributed by atoms with Crippen LogP contribution in [0.3, 0.4) is 0 Å². The van der Waals surface area contributed by atoms with Crippen LogP contribution in [0.5, 0.6) is 0 Å². The molecule has 0 aromatic carbocycles. The Bertz CT molecular complexity index is 320. The van der Waals surface area contributed by atoms with Gasteiger partial charge in [-0.2, -0.15) is 0 Å². The maximum absolute atomic E-state index is 12.0. The van der Waals surface area contributed by atoms with Crippen molar-refractivity contribution in [1.82, 2.24) is 0 Å². The summed E-state index contributed by atoms with van der Waals surface area (Å²) >= 11 is 0. The van der Waals surface area contributed by atoms with Gasteiger partial charge in [0.1, 0.15) is 0 Å². The van der Waals surface area contributed by atoms with Crippen LogP contribution >= 0.6 is 0 Å². The van der Waals surface area contributed by atoms with Gasteiger partial charge in [0, 0.05) is 19.6 Å². The summed E-state index contributed by atoms with van der Waals surface area (Å²) in [5.41, 5.74) is 0. The first-order chi connectivity index (χ1) is 13.7. The smallest absolute Gasteiger partial charge is 0.305 e. The van der Waals surface area contributed by atoms with E-state index < -0.39 is 0 Å². The molecule has 0 fully saturated rings. The third-order valence-corrected chi connectivity index (χ3v) is 5.16. The van der Waals surface area contributed by atoms with Gasteiger partial charge in [0.15, 0.2) is 0 Å². The van der Waals surface area contributed by atoms with Crippen LogP contribution in [0.25, 0.3) is 0 Å². The van der Waals surface area contributed by atoms with Crippen LogP contribution < -0.4 is 0 Å². The zero-order valence-corrected chi connectivity index (χ0v) is 19.1. The molecule has 0 rings (SSSR count). The first-order valence-corrected chi connectivity index (χ1v) is 12.1. The van der Waals surface area contributed by atoms with Gasteiger partial charge in [-0.05, 0) is 32.1 Å². The lowest BCUT2D eigenvalue weighted by atomic mass is 9.95. The summed E-state index contributed by atoms with van der Waals surface area (Å²) in [6.45, 7) is 9.61. The van der Waals surface area contributed by atoms with Crippen molar-refractivity contribution in [3.8, 4) is 0 Å². The minimum atomic E-state index is -0.0742. The normalized spacial score (nSPS) is 12.2. The van der Waals surface area contributed by atoms with E-state index in [2.05, 4.69) is 13.8 Å². The fourth-order valence-corrected chi connectivity index (χ4v) is 3.35. The first-order valence-electron chi connectivity index (χ1n) is 12.1. The second-order valence-electron chi connectivity index (χ2n) is 7.87. The molecule has 0 aromatic heterocycles. The Morgan fingerprint density at radius 3 is 1.89 bits per heavy atom. The minimum Gasteiger partial charge on any atom is -0.465 e. The predicted octanol–water partition coefficient (Wildman–Crippen LogP) is 6.70. The minimum absolute atomic E-state index is 0.0742. The maximum atomic E-state index is 12.0. The third kappa shape index (κ3) is 20.1. The van der Waals surface area contributed by atoms with Gasteiger partial charge in [0.25, 0.3) is 0 Å². The van der Waals surface area contributed by atoms with E-state index in [0.29, 0.717) is 45.4 Å². The lowest BCUT2D eigenvalue weighted by Gasteiger charge is -2.17. The van der Waals surface area contributed by atoms with E-state index in [-0.39, 0.29) is 5.97 Å². The number of unbranched alkanes of at least 4 members (excludes halogenated alkanes) is 8. The largest absolute Gasteiger partial charge is 0.465 e. The topological polar surface area (TPSA) is 44.8 Å². The predicted molar refractivity (Wildman–Crippen MR) is 118 cm³/mol. The summed E-state index contributed by atoms with van der Waals surface area (Å²) in [4.78, 5) is 12.0. The SMILES string of the molecule is CCCCCCCCC(CCCCCC)COC(=O)CCCOCCOCC. The highest BCUT2D eigenvalue weighted by Gasteiger charge is 2.12. The molecule has 1 unspecified atom stereocenters. The van der Waals surface area contributed by atoms with Crippen molar-refractivity contribution in [1.29, 1.82) is 0 Å². The molecule has 28 heavy (non-hydrogen) atoms. The average Bonchev–Trinajstić information content (AvgIpc) is 2.70. The second kappa shape index (κ2) is 22.7. The number of carbonyl (C=O) groups is 1. The van der Waals surface area contributed by atoms with Gasteiger partial charge in [-0.3, -0.25) is 4.79 Å². The Balaban J connectivity index is 3.87. The molecule has 0 aliphatic rings. The molecule has 4 heteroatoms. The molecule has 0 N–H and O–H groups in total. The highest BCUT2D eigenvalue weighted by atomic mass is 16.5. The van der Waals surface area contributed by atoms with Crippen LogP contribution in [0.1, 0.15) is 111 Å². The molecule has 168 valence electrons. The number of hydrogen-bond donors (Lipinski definition) is 0. The van der Waals surface area contributed by atoms with E-state index in [1.54, 1.807) is 0 Å². The van der Waals surface area contributed by atoms with E-state index in [4.69, 9.17) is 14.2 Å². The van der Waals surface area contributed by atoms with Gasteiger partial charge < -0.3 is 14.2 Å². The fraction of sp³-hybridized carbons (Fsp3) is 0.958. The van der Waals surface area contributed by atoms with Crippen molar-refractivity contribution in [3.63, 3.8) is 0 Å². The molecule has 0 saturated carbocycles. The number of carbonyl (C=O) groups excluding carboxylic acids is 1. The molecule has 0 amide bonds. The summed E-state index contributed by atoms with van der Waals surface area (Å²) in [5, 5.41) is 0. The van der Waals surface area contributed by atoms with Crippen LogP contribution in [-0.2, 0) is 19.0 Å². The maximum Gasteiger partial charge on any atom is 0.305 e. The van der Waals surface area contributed by atoms with Crippen LogP contribution in [0.15, 0.2) is 0 Å². The summed E-state index contributed by atoms with van der Waals surface area (Å²) in [6.07, 6.45) is 16.7. The van der Waals surface area contributed by atoms with Crippen LogP contribution in [0.4, 0.5) is 0 Å². The van der Waals surface area contributed by atoms with Crippen LogP contribution in [0.2, 0.25) is 0 Å². The number of rotatable bonds is 22. The molecule has 0 aromatic rings. The molecule has 0 aliphatic carbocycles. The van der Waals surface area contributed by atoms with Crippen molar-refractivity contribution in [3.05, 3.63) is 0 Å². The van der Waals surface area contributed by atoms with Crippen molar-refractivity contribution in [2.45, 2.75) is 111 Å². The van der Waals surface area contributed by atoms with Crippen molar-refractivity contribution >= 4 is 5.97 Å². The highest BCUT2D eigenvalue weighted by molar-refractivity contribution is 5.69. The number of esters is 1. The van der Waals surface area contributed by atoms with E-state index in [1.807, 2.05) is 6.92 Å². The monoisotopic (exact) mass is 400 g/mol. The Labute approximate surface area is 175 Å². The molecule has 0 saturated heterocycles. The number of ether oxygens (including phenoxy) is 3. The van der Waals surface area contributed by atoms with Gasteiger partial charge in [-0.25, -0.2) is 0 Å². The van der Waals surface area contributed by atoms with E-state index in [0.717, 1.165) is 6.42 Å². The van der Waals surface area contributed by atoms with Crippen molar-refractivity contribution in [2.24, 2.45) is 5.92 Å². The highest BCUT2D eigenvalue weighted by Crippen LogP contribution is 2.19. The molecular weight excluding hydrogens is 352 g/mol. The molecular formula is C24H48O4.